The third-order valence-electron chi connectivity index (χ3n) is 6.17. The lowest BCUT2D eigenvalue weighted by molar-refractivity contribution is 0.0916. The highest BCUT2D eigenvalue weighted by Gasteiger charge is 2.24. The van der Waals surface area contributed by atoms with E-state index in [-0.39, 0.29) is 41.4 Å². The fourth-order valence-corrected chi connectivity index (χ4v) is 5.24. The van der Waals surface area contributed by atoms with Gasteiger partial charge in [0.2, 0.25) is 11.3 Å². The summed E-state index contributed by atoms with van der Waals surface area (Å²) in [6.45, 7) is 2.29. The summed E-state index contributed by atoms with van der Waals surface area (Å²) in [5.74, 6) is 0.0687. The molecule has 0 unspecified atom stereocenters. The zero-order chi connectivity index (χ0) is 26.7. The normalized spacial score (nSPS) is 10.9. The number of ketones is 2. The van der Waals surface area contributed by atoms with Crippen LogP contribution in [0, 0.1) is 5.82 Å². The standard InChI is InChI=1S/C28H26FNO6S/c1-5-30-14-18(22(32)11-10-21(31)16-9-12-23(34-2)24(13-16)35-3)26(33)25(28(30)36-4)19-15-37-27-17(19)7-6-8-20(27)29/h6-9,12-15H,5,10-11H2,1-4H3. The van der Waals surface area contributed by atoms with Crippen LogP contribution in [0.15, 0.2) is 52.8 Å². The van der Waals surface area contributed by atoms with Gasteiger partial charge < -0.3 is 18.8 Å². The van der Waals surface area contributed by atoms with Gasteiger partial charge in [-0.05, 0) is 31.2 Å². The highest BCUT2D eigenvalue weighted by Crippen LogP contribution is 2.38. The summed E-state index contributed by atoms with van der Waals surface area (Å²) >= 11 is 1.18. The van der Waals surface area contributed by atoms with Crippen molar-refractivity contribution in [1.82, 2.24) is 4.57 Å². The zero-order valence-electron chi connectivity index (χ0n) is 20.9. The van der Waals surface area contributed by atoms with Crippen molar-refractivity contribution in [2.24, 2.45) is 0 Å². The lowest BCUT2D eigenvalue weighted by atomic mass is 9.98. The number of carbonyl (C=O) groups excluding carboxylic acids is 2. The lowest BCUT2D eigenvalue weighted by Crippen LogP contribution is -2.22. The highest BCUT2D eigenvalue weighted by molar-refractivity contribution is 7.17. The molecule has 37 heavy (non-hydrogen) atoms. The SMILES string of the molecule is CCn1cc(C(=O)CCC(=O)c2ccc(OC)c(OC)c2)c(=O)c(-c2csc3c(F)cccc23)c1OC. The van der Waals surface area contributed by atoms with Crippen LogP contribution in [0.25, 0.3) is 21.2 Å². The molecule has 0 aliphatic carbocycles. The van der Waals surface area contributed by atoms with Crippen LogP contribution in [-0.4, -0.2) is 37.5 Å². The van der Waals surface area contributed by atoms with Gasteiger partial charge in [-0.25, -0.2) is 4.39 Å². The number of rotatable bonds is 10. The number of nitrogens with zero attached hydrogens (tertiary/aromatic N) is 1. The van der Waals surface area contributed by atoms with Gasteiger partial charge in [0.15, 0.2) is 23.1 Å². The first-order valence-corrected chi connectivity index (χ1v) is 12.5. The number of aromatic nitrogens is 1. The average molecular weight is 524 g/mol. The van der Waals surface area contributed by atoms with E-state index in [4.69, 9.17) is 14.2 Å². The number of thiophene rings is 1. The molecule has 192 valence electrons. The van der Waals surface area contributed by atoms with E-state index in [0.717, 1.165) is 0 Å². The summed E-state index contributed by atoms with van der Waals surface area (Å²) in [5, 5.41) is 2.26. The highest BCUT2D eigenvalue weighted by atomic mass is 32.1. The summed E-state index contributed by atoms with van der Waals surface area (Å²) < 4.78 is 32.5. The smallest absolute Gasteiger partial charge is 0.205 e. The third kappa shape index (κ3) is 4.86. The van der Waals surface area contributed by atoms with Crippen LogP contribution in [0.4, 0.5) is 4.39 Å². The minimum atomic E-state index is -0.519. The number of halogens is 1. The third-order valence-corrected chi connectivity index (χ3v) is 7.18. The Bertz CT molecular complexity index is 1550. The molecule has 0 N–H and O–H groups in total. The van der Waals surface area contributed by atoms with Crippen LogP contribution in [0.3, 0.4) is 0 Å². The van der Waals surface area contributed by atoms with E-state index in [1.165, 1.54) is 44.9 Å². The van der Waals surface area contributed by atoms with Crippen LogP contribution < -0.4 is 19.6 Å². The number of pyridine rings is 1. The summed E-state index contributed by atoms with van der Waals surface area (Å²) in [6.07, 6.45) is 1.22. The van der Waals surface area contributed by atoms with E-state index < -0.39 is 11.2 Å². The van der Waals surface area contributed by atoms with Crippen LogP contribution in [0.1, 0.15) is 40.5 Å². The quantitative estimate of drug-likeness (QED) is 0.246. The molecule has 0 bridgehead atoms. The Morgan fingerprint density at radius 1 is 0.973 bits per heavy atom. The van der Waals surface area contributed by atoms with Crippen LogP contribution in [-0.2, 0) is 6.54 Å². The molecule has 0 amide bonds. The van der Waals surface area contributed by atoms with Crippen molar-refractivity contribution in [3.63, 3.8) is 0 Å². The Balaban J connectivity index is 1.70. The van der Waals surface area contributed by atoms with E-state index in [2.05, 4.69) is 0 Å². The van der Waals surface area contributed by atoms with Gasteiger partial charge in [-0.2, -0.15) is 0 Å². The van der Waals surface area contributed by atoms with E-state index >= 15 is 0 Å². The number of ether oxygens (including phenoxy) is 3. The summed E-state index contributed by atoms with van der Waals surface area (Å²) in [6, 6.07) is 9.45. The topological polar surface area (TPSA) is 83.8 Å². The fraction of sp³-hybridized carbons (Fsp3) is 0.250. The number of Topliss-reactive ketones (excluding diaryl/α,β-unsaturated/α-hetero) is 2. The second kappa shape index (κ2) is 11.0. The summed E-state index contributed by atoms with van der Waals surface area (Å²) in [5.41, 5.74) is 0.499. The number of hydrogen-bond donors (Lipinski definition) is 0. The first-order chi connectivity index (χ1) is 17.8. The van der Waals surface area contributed by atoms with Crippen molar-refractivity contribution < 1.29 is 28.2 Å². The van der Waals surface area contributed by atoms with Gasteiger partial charge in [0.05, 0.1) is 37.2 Å². The Morgan fingerprint density at radius 2 is 1.70 bits per heavy atom. The maximum absolute atomic E-state index is 14.4. The van der Waals surface area contributed by atoms with Gasteiger partial charge in [0.25, 0.3) is 0 Å². The Hall–Kier alpha value is -3.98. The Labute approximate surface area is 217 Å². The minimum absolute atomic E-state index is 0.0477. The largest absolute Gasteiger partial charge is 0.493 e. The fourth-order valence-electron chi connectivity index (χ4n) is 4.27. The van der Waals surface area contributed by atoms with Crippen molar-refractivity contribution in [1.29, 1.82) is 0 Å². The number of hydrogen-bond acceptors (Lipinski definition) is 7. The average Bonchev–Trinajstić information content (AvgIpc) is 3.35. The molecule has 2 heterocycles. The molecule has 4 rings (SSSR count). The first-order valence-electron chi connectivity index (χ1n) is 11.6. The minimum Gasteiger partial charge on any atom is -0.493 e. The molecule has 0 spiro atoms. The molecular formula is C28H26FNO6S. The molecule has 2 aromatic carbocycles. The number of benzene rings is 2. The molecule has 0 saturated heterocycles. The van der Waals surface area contributed by atoms with Gasteiger partial charge in [0.1, 0.15) is 5.82 Å². The van der Waals surface area contributed by atoms with Crippen LogP contribution in [0.2, 0.25) is 0 Å². The second-order valence-corrected chi connectivity index (χ2v) is 9.10. The molecule has 2 aromatic heterocycles. The van der Waals surface area contributed by atoms with Gasteiger partial charge in [0, 0.05) is 47.5 Å². The van der Waals surface area contributed by atoms with E-state index in [0.29, 0.717) is 39.3 Å². The number of carbonyl (C=O) groups is 2. The Kier molecular flexibility index (Phi) is 7.73. The van der Waals surface area contributed by atoms with E-state index in [9.17, 15) is 18.8 Å². The van der Waals surface area contributed by atoms with Crippen LogP contribution >= 0.6 is 11.3 Å². The van der Waals surface area contributed by atoms with Gasteiger partial charge in [-0.3, -0.25) is 14.4 Å². The van der Waals surface area contributed by atoms with Crippen molar-refractivity contribution in [2.45, 2.75) is 26.3 Å². The lowest BCUT2D eigenvalue weighted by Gasteiger charge is -2.16. The predicted octanol–water partition coefficient (Wildman–Crippen LogP) is 5.76. The van der Waals surface area contributed by atoms with E-state index in [1.54, 1.807) is 40.3 Å². The number of methoxy groups -OCH3 is 3. The zero-order valence-corrected chi connectivity index (χ0v) is 21.7. The maximum Gasteiger partial charge on any atom is 0.205 e. The molecule has 0 aliphatic rings. The molecule has 0 fully saturated rings. The van der Waals surface area contributed by atoms with Gasteiger partial charge in [-0.15, -0.1) is 11.3 Å². The predicted molar refractivity (Wildman–Crippen MR) is 141 cm³/mol. The molecule has 0 radical (unpaired) electrons. The molecule has 0 saturated carbocycles. The molecule has 7 nitrogen and oxygen atoms in total. The molecule has 0 atom stereocenters. The molecule has 9 heteroatoms. The second-order valence-electron chi connectivity index (χ2n) is 8.22. The van der Waals surface area contributed by atoms with Crippen molar-refractivity contribution in [2.75, 3.05) is 21.3 Å². The number of fused-ring (bicyclic) bond motifs is 1. The summed E-state index contributed by atoms with van der Waals surface area (Å²) in [7, 11) is 4.42. The van der Waals surface area contributed by atoms with Crippen molar-refractivity contribution in [3.05, 3.63) is 75.1 Å². The van der Waals surface area contributed by atoms with Crippen molar-refractivity contribution >= 4 is 33.0 Å². The van der Waals surface area contributed by atoms with Gasteiger partial charge >= 0.3 is 0 Å². The molecule has 4 aromatic rings. The maximum atomic E-state index is 14.4. The first kappa shape index (κ1) is 26.1. The van der Waals surface area contributed by atoms with Crippen molar-refractivity contribution in [3.8, 4) is 28.5 Å². The summed E-state index contributed by atoms with van der Waals surface area (Å²) in [4.78, 5) is 39.7. The molecule has 0 aliphatic heterocycles. The molecular weight excluding hydrogens is 497 g/mol. The monoisotopic (exact) mass is 523 g/mol. The van der Waals surface area contributed by atoms with Crippen LogP contribution in [0.5, 0.6) is 17.4 Å². The Morgan fingerprint density at radius 3 is 2.38 bits per heavy atom. The number of aryl methyl sites for hydroxylation is 1. The van der Waals surface area contributed by atoms with E-state index in [1.807, 2.05) is 6.92 Å². The van der Waals surface area contributed by atoms with Gasteiger partial charge in [-0.1, -0.05) is 12.1 Å².